The van der Waals surface area contributed by atoms with Crippen molar-refractivity contribution in [2.75, 3.05) is 0 Å². The molecule has 102 valence electrons. The maximum absolute atomic E-state index is 11.4. The van der Waals surface area contributed by atoms with Crippen LogP contribution in [-0.2, 0) is 9.63 Å². The van der Waals surface area contributed by atoms with Crippen molar-refractivity contribution < 1.29 is 19.8 Å². The largest absolute Gasteiger partial charge is 0.375 e. The van der Waals surface area contributed by atoms with Gasteiger partial charge in [0.25, 0.3) is 0 Å². The van der Waals surface area contributed by atoms with Crippen LogP contribution in [0.4, 0.5) is 0 Å². The Morgan fingerprint density at radius 1 is 1.12 bits per heavy atom. The molecule has 17 heavy (non-hydrogen) atoms. The number of carbonyl (C=O) groups is 1. The predicted octanol–water partition coefficient (Wildman–Crippen LogP) is 1.78. The lowest BCUT2D eigenvalue weighted by Crippen LogP contribution is -2.41. The van der Waals surface area contributed by atoms with E-state index in [0.29, 0.717) is 6.42 Å². The molecule has 0 fully saturated rings. The summed E-state index contributed by atoms with van der Waals surface area (Å²) in [7, 11) is 0. The second kappa shape index (κ2) is 9.39. The smallest absolute Gasteiger partial charge is 0.325 e. The second-order valence-electron chi connectivity index (χ2n) is 4.25. The van der Waals surface area contributed by atoms with Crippen molar-refractivity contribution in [3.8, 4) is 0 Å². The molecule has 0 aromatic rings. The van der Waals surface area contributed by atoms with Gasteiger partial charge in [-0.3, -0.25) is 4.79 Å². The number of rotatable bonds is 9. The molecular weight excluding hydrogens is 222 g/mol. The number of hydroxylamine groups is 2. The van der Waals surface area contributed by atoms with Crippen molar-refractivity contribution in [2.24, 2.45) is 0 Å². The van der Waals surface area contributed by atoms with Crippen molar-refractivity contribution in [3.63, 3.8) is 0 Å². The number of aliphatic hydroxyl groups is 2. The first-order chi connectivity index (χ1) is 7.99. The minimum atomic E-state index is -1.01. The highest BCUT2D eigenvalue weighted by Gasteiger charge is 2.20. The Bertz CT molecular complexity index is 199. The van der Waals surface area contributed by atoms with Crippen LogP contribution < -0.4 is 0 Å². The Labute approximate surface area is 103 Å². The maximum Gasteiger partial charge on any atom is 0.325 e. The third-order valence-electron chi connectivity index (χ3n) is 2.43. The summed E-state index contributed by atoms with van der Waals surface area (Å²) in [6.07, 6.45) is 3.56. The van der Waals surface area contributed by atoms with Gasteiger partial charge in [-0.1, -0.05) is 37.7 Å². The van der Waals surface area contributed by atoms with E-state index in [1.165, 1.54) is 26.7 Å². The molecule has 0 aliphatic rings. The average Bonchev–Trinajstić information content (AvgIpc) is 2.24. The van der Waals surface area contributed by atoms with Crippen LogP contribution in [0.3, 0.4) is 0 Å². The predicted molar refractivity (Wildman–Crippen MR) is 64.7 cm³/mol. The number of nitrogens with zero attached hydrogens (tertiary/aromatic N) is 1. The molecule has 0 heterocycles. The lowest BCUT2D eigenvalue weighted by molar-refractivity contribution is -0.276. The van der Waals surface area contributed by atoms with Crippen molar-refractivity contribution >= 4 is 5.97 Å². The number of unbranched alkanes of at least 4 members (excludes halogenated alkanes) is 4. The standard InChI is InChI=1S/C12H25NO4/c1-4-5-6-7-8-9-12(16)17-13(10(2)14)11(3)15/h10-11,14-15H,4-9H2,1-3H3. The molecule has 0 aliphatic carbocycles. The summed E-state index contributed by atoms with van der Waals surface area (Å²) in [6.45, 7) is 5.00. The molecule has 0 saturated heterocycles. The van der Waals surface area contributed by atoms with E-state index in [4.69, 9.17) is 4.84 Å². The van der Waals surface area contributed by atoms with Gasteiger partial charge in [-0.25, -0.2) is 0 Å². The summed E-state index contributed by atoms with van der Waals surface area (Å²) in [4.78, 5) is 16.3. The molecule has 0 aliphatic heterocycles. The fourth-order valence-corrected chi connectivity index (χ4v) is 1.50. The van der Waals surface area contributed by atoms with E-state index >= 15 is 0 Å². The Morgan fingerprint density at radius 3 is 2.12 bits per heavy atom. The van der Waals surface area contributed by atoms with Gasteiger partial charge < -0.3 is 15.1 Å². The highest BCUT2D eigenvalue weighted by Crippen LogP contribution is 2.08. The molecule has 0 amide bonds. The van der Waals surface area contributed by atoms with Crippen LogP contribution in [0.15, 0.2) is 0 Å². The number of carbonyl (C=O) groups excluding carboxylic acids is 1. The van der Waals surface area contributed by atoms with E-state index in [9.17, 15) is 15.0 Å². The van der Waals surface area contributed by atoms with Gasteiger partial charge >= 0.3 is 5.97 Å². The summed E-state index contributed by atoms with van der Waals surface area (Å²) in [6, 6.07) is 0. The second-order valence-corrected chi connectivity index (χ2v) is 4.25. The summed E-state index contributed by atoms with van der Waals surface area (Å²) in [5.41, 5.74) is 0. The maximum atomic E-state index is 11.4. The first-order valence-corrected chi connectivity index (χ1v) is 6.34. The zero-order valence-electron chi connectivity index (χ0n) is 11.1. The molecular formula is C12H25NO4. The van der Waals surface area contributed by atoms with Crippen LogP contribution in [0.25, 0.3) is 0 Å². The number of hydrogen-bond acceptors (Lipinski definition) is 5. The molecule has 0 rings (SSSR count). The summed E-state index contributed by atoms with van der Waals surface area (Å²) in [5, 5.41) is 19.4. The van der Waals surface area contributed by atoms with Gasteiger partial charge in [-0.05, 0) is 20.3 Å². The molecule has 0 bridgehead atoms. The summed E-state index contributed by atoms with van der Waals surface area (Å²) in [5.74, 6) is -0.414. The monoisotopic (exact) mass is 247 g/mol. The minimum Gasteiger partial charge on any atom is -0.375 e. The summed E-state index contributed by atoms with van der Waals surface area (Å²) >= 11 is 0. The van der Waals surface area contributed by atoms with E-state index in [1.54, 1.807) is 0 Å². The van der Waals surface area contributed by atoms with Gasteiger partial charge in [-0.15, -0.1) is 0 Å². The molecule has 2 N–H and O–H groups in total. The molecule has 5 nitrogen and oxygen atoms in total. The van der Waals surface area contributed by atoms with Crippen molar-refractivity contribution in [1.82, 2.24) is 5.06 Å². The van der Waals surface area contributed by atoms with E-state index in [2.05, 4.69) is 6.92 Å². The van der Waals surface area contributed by atoms with Crippen molar-refractivity contribution in [1.29, 1.82) is 0 Å². The van der Waals surface area contributed by atoms with E-state index < -0.39 is 18.4 Å². The fourth-order valence-electron chi connectivity index (χ4n) is 1.50. The third-order valence-corrected chi connectivity index (χ3v) is 2.43. The Kier molecular flexibility index (Phi) is 9.03. The highest BCUT2D eigenvalue weighted by atomic mass is 16.7. The van der Waals surface area contributed by atoms with Crippen LogP contribution in [0.2, 0.25) is 0 Å². The molecule has 0 aromatic heterocycles. The quantitative estimate of drug-likeness (QED) is 0.369. The van der Waals surface area contributed by atoms with Crippen LogP contribution in [0, 0.1) is 0 Å². The van der Waals surface area contributed by atoms with Crippen molar-refractivity contribution in [3.05, 3.63) is 0 Å². The van der Waals surface area contributed by atoms with Crippen LogP contribution >= 0.6 is 0 Å². The molecule has 2 atom stereocenters. The van der Waals surface area contributed by atoms with Gasteiger partial charge in [0.15, 0.2) is 0 Å². The van der Waals surface area contributed by atoms with Gasteiger partial charge in [0.05, 0.1) is 0 Å². The Morgan fingerprint density at radius 2 is 1.65 bits per heavy atom. The Hall–Kier alpha value is -0.650. The average molecular weight is 247 g/mol. The fraction of sp³-hybridized carbons (Fsp3) is 0.917. The van der Waals surface area contributed by atoms with Crippen LogP contribution in [0.5, 0.6) is 0 Å². The van der Waals surface area contributed by atoms with Crippen LogP contribution in [-0.4, -0.2) is 33.7 Å². The third kappa shape index (κ3) is 8.12. The molecule has 0 radical (unpaired) electrons. The molecule has 0 aromatic carbocycles. The SMILES string of the molecule is CCCCCCCC(=O)ON(C(C)O)C(C)O. The molecule has 0 spiro atoms. The van der Waals surface area contributed by atoms with E-state index in [0.717, 1.165) is 24.3 Å². The van der Waals surface area contributed by atoms with Crippen LogP contribution in [0.1, 0.15) is 59.3 Å². The van der Waals surface area contributed by atoms with Gasteiger partial charge in [-0.2, -0.15) is 0 Å². The molecule has 2 unspecified atom stereocenters. The molecule has 5 heteroatoms. The van der Waals surface area contributed by atoms with Crippen molar-refractivity contribution in [2.45, 2.75) is 71.8 Å². The minimum absolute atomic E-state index is 0.319. The normalized spacial score (nSPS) is 14.7. The number of aliphatic hydroxyl groups excluding tert-OH is 2. The number of hydrogen-bond donors (Lipinski definition) is 2. The zero-order valence-corrected chi connectivity index (χ0v) is 11.1. The van der Waals surface area contributed by atoms with E-state index in [-0.39, 0.29) is 0 Å². The topological polar surface area (TPSA) is 70.0 Å². The van der Waals surface area contributed by atoms with Gasteiger partial charge in [0.2, 0.25) is 0 Å². The van der Waals surface area contributed by atoms with Gasteiger partial charge in [0, 0.05) is 6.42 Å². The van der Waals surface area contributed by atoms with Gasteiger partial charge in [0.1, 0.15) is 12.5 Å². The first kappa shape index (κ1) is 16.4. The molecule has 0 saturated carbocycles. The lowest BCUT2D eigenvalue weighted by Gasteiger charge is -2.25. The first-order valence-electron chi connectivity index (χ1n) is 6.34. The lowest BCUT2D eigenvalue weighted by atomic mass is 10.1. The van der Waals surface area contributed by atoms with E-state index in [1.807, 2.05) is 0 Å². The highest BCUT2D eigenvalue weighted by molar-refractivity contribution is 5.68. The Balaban J connectivity index is 3.76. The zero-order chi connectivity index (χ0) is 13.3. The summed E-state index contributed by atoms with van der Waals surface area (Å²) < 4.78 is 0.